The minimum Gasteiger partial charge on any atom is -0.475 e. The Balaban J connectivity index is 1.86. The van der Waals surface area contributed by atoms with Crippen molar-refractivity contribution in [1.29, 1.82) is 5.26 Å². The second-order valence-corrected chi connectivity index (χ2v) is 8.37. The minimum absolute atomic E-state index is 0.0209. The summed E-state index contributed by atoms with van der Waals surface area (Å²) in [6.07, 6.45) is -4.23. The number of carbonyl (C=O) groups is 1. The molecule has 3 aromatic heterocycles. The third kappa shape index (κ3) is 5.51. The molecule has 34 heavy (non-hydrogen) atoms. The van der Waals surface area contributed by atoms with Crippen molar-refractivity contribution >= 4 is 17.1 Å². The highest BCUT2D eigenvalue weighted by Crippen LogP contribution is 2.37. The van der Waals surface area contributed by atoms with E-state index in [1.165, 1.54) is 28.9 Å². The van der Waals surface area contributed by atoms with E-state index in [0.717, 1.165) is 6.07 Å². The van der Waals surface area contributed by atoms with Gasteiger partial charge in [-0.3, -0.25) is 0 Å². The number of carbonyl (C=O) groups excluding carboxylic acids is 1. The van der Waals surface area contributed by atoms with Gasteiger partial charge in [0.15, 0.2) is 5.69 Å². The number of aryl methyl sites for hydroxylation is 1. The Hall–Kier alpha value is -3.95. The molecular weight excluding hydrogens is 455 g/mol. The number of alkyl halides is 3. The zero-order valence-electron chi connectivity index (χ0n) is 19.1. The van der Waals surface area contributed by atoms with Gasteiger partial charge in [-0.1, -0.05) is 5.21 Å². The summed E-state index contributed by atoms with van der Waals surface area (Å²) < 4.78 is 53.1. The molecule has 3 aromatic rings. The smallest absolute Gasteiger partial charge is 0.421 e. The van der Waals surface area contributed by atoms with Crippen LogP contribution in [-0.4, -0.2) is 61.8 Å². The number of aromatic nitrogens is 5. The third-order valence-electron chi connectivity index (χ3n) is 4.53. The first-order valence-corrected chi connectivity index (χ1v) is 10.0. The summed E-state index contributed by atoms with van der Waals surface area (Å²) in [4.78, 5) is 21.1. The van der Waals surface area contributed by atoms with Crippen LogP contribution in [0.15, 0.2) is 18.3 Å². The molecule has 0 saturated heterocycles. The first-order valence-electron chi connectivity index (χ1n) is 10.0. The molecule has 13 heteroatoms. The number of likely N-dealkylation sites (N-methyl/N-ethyl adjacent to an activating group) is 1. The summed E-state index contributed by atoms with van der Waals surface area (Å²) >= 11 is 0. The van der Waals surface area contributed by atoms with Crippen LogP contribution < -0.4 is 4.74 Å². The molecule has 0 fully saturated rings. The number of rotatable bonds is 5. The molecule has 0 aliphatic carbocycles. The molecule has 10 nitrogen and oxygen atoms in total. The molecule has 180 valence electrons. The van der Waals surface area contributed by atoms with Gasteiger partial charge in [-0.2, -0.15) is 18.4 Å². The van der Waals surface area contributed by atoms with E-state index in [4.69, 9.17) is 9.47 Å². The van der Waals surface area contributed by atoms with Crippen molar-refractivity contribution in [2.24, 2.45) is 7.05 Å². The fourth-order valence-corrected chi connectivity index (χ4v) is 2.88. The molecule has 0 radical (unpaired) electrons. The van der Waals surface area contributed by atoms with Crippen molar-refractivity contribution in [1.82, 2.24) is 29.9 Å². The maximum absolute atomic E-state index is 13.8. The van der Waals surface area contributed by atoms with Gasteiger partial charge in [-0.15, -0.1) is 5.10 Å². The number of amides is 1. The summed E-state index contributed by atoms with van der Waals surface area (Å²) in [5.74, 6) is -0.641. The molecule has 0 aliphatic heterocycles. The van der Waals surface area contributed by atoms with Crippen LogP contribution in [0, 0.1) is 11.3 Å². The number of nitriles is 1. The van der Waals surface area contributed by atoms with E-state index in [-0.39, 0.29) is 35.6 Å². The molecule has 0 spiro atoms. The van der Waals surface area contributed by atoms with Gasteiger partial charge in [0.05, 0.1) is 17.8 Å². The van der Waals surface area contributed by atoms with Gasteiger partial charge in [0.25, 0.3) is 0 Å². The Morgan fingerprint density at radius 2 is 1.97 bits per heavy atom. The molecule has 3 rings (SSSR count). The van der Waals surface area contributed by atoms with E-state index in [0.29, 0.717) is 5.52 Å². The summed E-state index contributed by atoms with van der Waals surface area (Å²) in [6.45, 7) is 4.84. The predicted molar refractivity (Wildman–Crippen MR) is 114 cm³/mol. The quantitative estimate of drug-likeness (QED) is 0.547. The van der Waals surface area contributed by atoms with Crippen molar-refractivity contribution in [2.75, 3.05) is 20.2 Å². The van der Waals surface area contributed by atoms with Crippen LogP contribution in [0.1, 0.15) is 32.0 Å². The van der Waals surface area contributed by atoms with E-state index in [1.54, 1.807) is 27.8 Å². The van der Waals surface area contributed by atoms with E-state index in [1.807, 2.05) is 6.07 Å². The van der Waals surface area contributed by atoms with Gasteiger partial charge in [-0.25, -0.2) is 19.4 Å². The van der Waals surface area contributed by atoms with E-state index < -0.39 is 29.3 Å². The van der Waals surface area contributed by atoms with Gasteiger partial charge < -0.3 is 14.4 Å². The predicted octanol–water partition coefficient (Wildman–Crippen LogP) is 3.56. The van der Waals surface area contributed by atoms with Gasteiger partial charge in [0, 0.05) is 25.9 Å². The summed E-state index contributed by atoms with van der Waals surface area (Å²) in [5.41, 5.74) is -1.09. The SMILES string of the molecule is CN(CCOc1ncc(-c2cc3c(nnn3C)c(C#N)n2)cc1C(F)(F)F)C(=O)OC(C)(C)C. The van der Waals surface area contributed by atoms with Crippen molar-refractivity contribution in [3.63, 3.8) is 0 Å². The van der Waals surface area contributed by atoms with Crippen LogP contribution in [0.2, 0.25) is 0 Å². The molecule has 0 bridgehead atoms. The number of hydrogen-bond donors (Lipinski definition) is 0. The highest BCUT2D eigenvalue weighted by molar-refractivity contribution is 5.83. The van der Waals surface area contributed by atoms with E-state index in [9.17, 15) is 23.2 Å². The summed E-state index contributed by atoms with van der Waals surface area (Å²) in [6, 6.07) is 4.20. The highest BCUT2D eigenvalue weighted by atomic mass is 19.4. The number of ether oxygens (including phenoxy) is 2. The topological polar surface area (TPSA) is 119 Å². The van der Waals surface area contributed by atoms with Gasteiger partial charge in [0.2, 0.25) is 5.88 Å². The maximum Gasteiger partial charge on any atom is 0.421 e. The zero-order chi connectivity index (χ0) is 25.3. The molecule has 0 saturated carbocycles. The van der Waals surface area contributed by atoms with Gasteiger partial charge in [-0.05, 0) is 32.9 Å². The summed E-state index contributed by atoms with van der Waals surface area (Å²) in [7, 11) is 3.03. The number of hydrogen-bond acceptors (Lipinski definition) is 8. The van der Waals surface area contributed by atoms with Crippen molar-refractivity contribution in [2.45, 2.75) is 32.5 Å². The first kappa shape index (κ1) is 24.7. The average Bonchev–Trinajstić information content (AvgIpc) is 3.12. The van der Waals surface area contributed by atoms with Gasteiger partial charge >= 0.3 is 12.3 Å². The second-order valence-electron chi connectivity index (χ2n) is 8.37. The Morgan fingerprint density at radius 3 is 2.59 bits per heavy atom. The Labute approximate surface area is 192 Å². The molecule has 0 atom stereocenters. The fraction of sp³-hybridized carbons (Fsp3) is 0.429. The summed E-state index contributed by atoms with van der Waals surface area (Å²) in [5, 5.41) is 17.0. The van der Waals surface area contributed by atoms with E-state index >= 15 is 0 Å². The Kier molecular flexibility index (Phi) is 6.63. The standard InChI is InChI=1S/C21H22F3N7O3/c1-20(2,3)34-19(32)30(4)6-7-33-18-13(21(22,23)24)8-12(11-26-18)14-9-16-17(15(10-25)27-14)28-29-31(16)5/h8-9,11H,6-7H2,1-5H3. The normalized spacial score (nSPS) is 11.9. The van der Waals surface area contributed by atoms with Crippen LogP contribution in [0.3, 0.4) is 0 Å². The average molecular weight is 477 g/mol. The number of halogens is 3. The first-order chi connectivity index (χ1) is 15.8. The van der Waals surface area contributed by atoms with Crippen LogP contribution in [0.5, 0.6) is 5.88 Å². The zero-order valence-corrected chi connectivity index (χ0v) is 19.1. The lowest BCUT2D eigenvalue weighted by Gasteiger charge is -2.24. The monoisotopic (exact) mass is 477 g/mol. The van der Waals surface area contributed by atoms with Crippen LogP contribution in [0.25, 0.3) is 22.3 Å². The molecule has 0 aromatic carbocycles. The lowest BCUT2D eigenvalue weighted by molar-refractivity contribution is -0.139. The number of fused-ring (bicyclic) bond motifs is 1. The molecule has 0 N–H and O–H groups in total. The number of pyridine rings is 2. The third-order valence-corrected chi connectivity index (χ3v) is 4.53. The Morgan fingerprint density at radius 1 is 1.26 bits per heavy atom. The largest absolute Gasteiger partial charge is 0.475 e. The molecular formula is C21H22F3N7O3. The molecule has 0 aliphatic rings. The van der Waals surface area contributed by atoms with Crippen molar-refractivity contribution < 1.29 is 27.4 Å². The molecule has 1 amide bonds. The van der Waals surface area contributed by atoms with Crippen LogP contribution >= 0.6 is 0 Å². The Bertz CT molecular complexity index is 1260. The fourth-order valence-electron chi connectivity index (χ4n) is 2.88. The molecule has 3 heterocycles. The lowest BCUT2D eigenvalue weighted by atomic mass is 10.1. The van der Waals surface area contributed by atoms with Crippen molar-refractivity contribution in [3.8, 4) is 23.2 Å². The van der Waals surface area contributed by atoms with Crippen LogP contribution in [-0.2, 0) is 18.0 Å². The molecule has 0 unspecified atom stereocenters. The lowest BCUT2D eigenvalue weighted by Crippen LogP contribution is -2.36. The minimum atomic E-state index is -4.77. The van der Waals surface area contributed by atoms with E-state index in [2.05, 4.69) is 20.3 Å². The highest BCUT2D eigenvalue weighted by Gasteiger charge is 2.36. The maximum atomic E-state index is 13.8. The van der Waals surface area contributed by atoms with Gasteiger partial charge in [0.1, 0.15) is 29.4 Å². The van der Waals surface area contributed by atoms with Crippen LogP contribution in [0.4, 0.5) is 18.0 Å². The second kappa shape index (κ2) is 9.12. The van der Waals surface area contributed by atoms with Crippen molar-refractivity contribution in [3.05, 3.63) is 29.6 Å². The number of nitrogens with zero attached hydrogens (tertiary/aromatic N) is 7.